The fraction of sp³-hybridized carbons (Fsp3) is 0.241. The molecule has 1 amide bonds. The molecule has 1 aliphatic heterocycles. The average molecular weight is 517 g/mol. The number of aromatic amines is 1. The fourth-order valence-electron chi connectivity index (χ4n) is 4.60. The number of methoxy groups -OCH3 is 3. The molecule has 0 bridgehead atoms. The van der Waals surface area contributed by atoms with Crippen LogP contribution in [0.4, 0.5) is 0 Å². The highest BCUT2D eigenvalue weighted by Crippen LogP contribution is 2.39. The third-order valence-corrected chi connectivity index (χ3v) is 6.54. The quantitative estimate of drug-likeness (QED) is 0.370. The van der Waals surface area contributed by atoms with Crippen LogP contribution in [-0.2, 0) is 13.1 Å². The number of carbonyl (C=O) groups is 1. The Labute approximate surface area is 219 Å². The Morgan fingerprint density at radius 1 is 0.921 bits per heavy atom. The van der Waals surface area contributed by atoms with Crippen molar-refractivity contribution in [3.8, 4) is 28.7 Å². The van der Waals surface area contributed by atoms with Crippen molar-refractivity contribution in [2.45, 2.75) is 20.0 Å². The minimum atomic E-state index is -0.314. The summed E-state index contributed by atoms with van der Waals surface area (Å²) >= 11 is 0. The van der Waals surface area contributed by atoms with Crippen molar-refractivity contribution in [3.63, 3.8) is 0 Å². The number of aryl methyl sites for hydroxylation is 1. The predicted octanol–water partition coefficient (Wildman–Crippen LogP) is 4.43. The van der Waals surface area contributed by atoms with Crippen LogP contribution in [0.2, 0.25) is 0 Å². The third-order valence-electron chi connectivity index (χ3n) is 6.54. The van der Waals surface area contributed by atoms with Crippen molar-refractivity contribution < 1.29 is 28.5 Å². The van der Waals surface area contributed by atoms with Crippen LogP contribution in [0.3, 0.4) is 0 Å². The van der Waals surface area contributed by atoms with Crippen molar-refractivity contribution in [3.05, 3.63) is 87.2 Å². The molecular formula is C29H28N2O7. The van der Waals surface area contributed by atoms with Gasteiger partial charge in [-0.25, -0.2) is 0 Å². The molecule has 9 nitrogen and oxygen atoms in total. The lowest BCUT2D eigenvalue weighted by atomic mass is 10.1. The summed E-state index contributed by atoms with van der Waals surface area (Å²) in [6.45, 7) is 2.39. The minimum Gasteiger partial charge on any atom is -0.493 e. The van der Waals surface area contributed by atoms with Gasteiger partial charge in [-0.05, 0) is 53.8 Å². The number of pyridine rings is 1. The van der Waals surface area contributed by atoms with E-state index in [2.05, 4.69) is 4.98 Å². The normalized spacial score (nSPS) is 11.9. The van der Waals surface area contributed by atoms with Gasteiger partial charge in [0.25, 0.3) is 11.5 Å². The van der Waals surface area contributed by atoms with Crippen molar-refractivity contribution in [2.24, 2.45) is 0 Å². The molecule has 2 heterocycles. The topological polar surface area (TPSA) is 99.3 Å². The summed E-state index contributed by atoms with van der Waals surface area (Å²) in [6.07, 6.45) is 0. The maximum absolute atomic E-state index is 14.0. The van der Waals surface area contributed by atoms with Gasteiger partial charge in [0.2, 0.25) is 12.5 Å². The predicted molar refractivity (Wildman–Crippen MR) is 142 cm³/mol. The summed E-state index contributed by atoms with van der Waals surface area (Å²) in [4.78, 5) is 31.6. The molecule has 0 unspecified atom stereocenters. The lowest BCUT2D eigenvalue weighted by Crippen LogP contribution is -2.32. The Hall–Kier alpha value is -4.66. The summed E-state index contributed by atoms with van der Waals surface area (Å²) in [5.74, 6) is 2.05. The highest BCUT2D eigenvalue weighted by atomic mass is 16.7. The largest absolute Gasteiger partial charge is 0.493 e. The highest BCUT2D eigenvalue weighted by Gasteiger charge is 2.24. The lowest BCUT2D eigenvalue weighted by molar-refractivity contribution is 0.0728. The van der Waals surface area contributed by atoms with E-state index in [9.17, 15) is 9.59 Å². The molecule has 0 radical (unpaired) electrons. The molecule has 4 aromatic rings. The zero-order chi connectivity index (χ0) is 26.8. The van der Waals surface area contributed by atoms with Crippen LogP contribution in [0.1, 0.15) is 27.0 Å². The first-order chi connectivity index (χ1) is 18.4. The second kappa shape index (κ2) is 10.4. The molecule has 3 aromatic carbocycles. The van der Waals surface area contributed by atoms with Crippen molar-refractivity contribution >= 4 is 16.8 Å². The minimum absolute atomic E-state index is 0.0726. The summed E-state index contributed by atoms with van der Waals surface area (Å²) in [5.41, 5.74) is 3.11. The number of fused-ring (bicyclic) bond motifs is 2. The Kier molecular flexibility index (Phi) is 6.83. The van der Waals surface area contributed by atoms with Crippen molar-refractivity contribution in [1.82, 2.24) is 9.88 Å². The molecule has 0 spiro atoms. The molecule has 5 rings (SSSR count). The molecule has 0 atom stereocenters. The SMILES string of the molecule is COc1cc(C(=O)N(Cc2ccc3c(c2)OCO3)Cc2cc3cccc(C)c3[nH]c2=O)cc(OC)c1OC. The Balaban J connectivity index is 1.56. The fourth-order valence-corrected chi connectivity index (χ4v) is 4.60. The average Bonchev–Trinajstić information content (AvgIpc) is 3.40. The van der Waals surface area contributed by atoms with Crippen LogP contribution in [0.15, 0.2) is 59.4 Å². The van der Waals surface area contributed by atoms with Crippen LogP contribution in [-0.4, -0.2) is 43.9 Å². The van der Waals surface area contributed by atoms with Crippen LogP contribution >= 0.6 is 0 Å². The van der Waals surface area contributed by atoms with Gasteiger partial charge in [0.15, 0.2) is 23.0 Å². The van der Waals surface area contributed by atoms with Crippen molar-refractivity contribution in [1.29, 1.82) is 0 Å². The number of carbonyl (C=O) groups excluding carboxylic acids is 1. The summed E-state index contributed by atoms with van der Waals surface area (Å²) in [5, 5.41) is 0.892. The van der Waals surface area contributed by atoms with Gasteiger partial charge in [-0.2, -0.15) is 0 Å². The monoisotopic (exact) mass is 516 g/mol. The van der Waals surface area contributed by atoms with E-state index in [0.29, 0.717) is 39.9 Å². The number of aromatic nitrogens is 1. The zero-order valence-corrected chi connectivity index (χ0v) is 21.6. The molecule has 38 heavy (non-hydrogen) atoms. The number of hydrogen-bond acceptors (Lipinski definition) is 7. The van der Waals surface area contributed by atoms with Gasteiger partial charge in [0.05, 0.1) is 33.4 Å². The maximum Gasteiger partial charge on any atom is 0.254 e. The molecule has 1 aliphatic rings. The van der Waals surface area contributed by atoms with Gasteiger partial charge >= 0.3 is 0 Å². The first-order valence-electron chi connectivity index (χ1n) is 12.0. The van der Waals surface area contributed by atoms with Crippen LogP contribution in [0.25, 0.3) is 10.9 Å². The van der Waals surface area contributed by atoms with E-state index in [1.165, 1.54) is 21.3 Å². The Bertz CT molecular complexity index is 1550. The van der Waals surface area contributed by atoms with E-state index in [1.54, 1.807) is 17.0 Å². The van der Waals surface area contributed by atoms with Gasteiger partial charge in [0, 0.05) is 17.7 Å². The number of nitrogens with one attached hydrogen (secondary N) is 1. The van der Waals surface area contributed by atoms with Gasteiger partial charge in [-0.15, -0.1) is 0 Å². The summed E-state index contributed by atoms with van der Waals surface area (Å²) in [6, 6.07) is 16.4. The number of benzene rings is 3. The zero-order valence-electron chi connectivity index (χ0n) is 21.6. The van der Waals surface area contributed by atoms with Crippen LogP contribution in [0.5, 0.6) is 28.7 Å². The molecule has 0 fully saturated rings. The first-order valence-corrected chi connectivity index (χ1v) is 12.0. The van der Waals surface area contributed by atoms with E-state index in [1.807, 2.05) is 49.4 Å². The number of H-pyrrole nitrogens is 1. The number of nitrogens with zero attached hydrogens (tertiary/aromatic N) is 1. The molecule has 9 heteroatoms. The Morgan fingerprint density at radius 2 is 1.66 bits per heavy atom. The van der Waals surface area contributed by atoms with Gasteiger partial charge in [-0.1, -0.05) is 24.3 Å². The molecule has 1 aromatic heterocycles. The van der Waals surface area contributed by atoms with E-state index >= 15 is 0 Å². The van der Waals surface area contributed by atoms with E-state index in [-0.39, 0.29) is 31.3 Å². The number of para-hydroxylation sites is 1. The molecule has 0 saturated heterocycles. The number of hydrogen-bond donors (Lipinski definition) is 1. The maximum atomic E-state index is 14.0. The van der Waals surface area contributed by atoms with Crippen LogP contribution in [0, 0.1) is 6.92 Å². The highest BCUT2D eigenvalue weighted by molar-refractivity contribution is 5.95. The van der Waals surface area contributed by atoms with Gasteiger partial charge < -0.3 is 33.6 Å². The van der Waals surface area contributed by atoms with E-state index in [0.717, 1.165) is 22.0 Å². The van der Waals surface area contributed by atoms with E-state index in [4.69, 9.17) is 23.7 Å². The van der Waals surface area contributed by atoms with Gasteiger partial charge in [0.1, 0.15) is 0 Å². The molecule has 0 aliphatic carbocycles. The van der Waals surface area contributed by atoms with Crippen molar-refractivity contribution in [2.75, 3.05) is 28.1 Å². The van der Waals surface area contributed by atoms with Crippen LogP contribution < -0.4 is 29.2 Å². The third kappa shape index (κ3) is 4.70. The smallest absolute Gasteiger partial charge is 0.254 e. The number of ether oxygens (including phenoxy) is 5. The lowest BCUT2D eigenvalue weighted by Gasteiger charge is -2.24. The summed E-state index contributed by atoms with van der Waals surface area (Å²) in [7, 11) is 4.49. The van der Waals surface area contributed by atoms with E-state index < -0.39 is 0 Å². The van der Waals surface area contributed by atoms with Gasteiger partial charge in [-0.3, -0.25) is 9.59 Å². The standard InChI is InChI=1S/C29H28N2O7/c1-17-6-5-7-19-11-21(28(32)30-26(17)19)15-31(14-18-8-9-22-23(10-18)38-16-37-22)29(33)20-12-24(34-2)27(36-4)25(13-20)35-3/h5-13H,14-16H2,1-4H3,(H,30,32). The molecule has 196 valence electrons. The molecule has 0 saturated carbocycles. The molecule has 1 N–H and O–H groups in total. The number of amides is 1. The summed E-state index contributed by atoms with van der Waals surface area (Å²) < 4.78 is 27.3. The number of rotatable bonds is 8. The first kappa shape index (κ1) is 25.0. The second-order valence-corrected chi connectivity index (χ2v) is 8.93. The Morgan fingerprint density at radius 3 is 2.37 bits per heavy atom. The second-order valence-electron chi connectivity index (χ2n) is 8.93. The molecular weight excluding hydrogens is 488 g/mol.